The molecule has 0 amide bonds. The first kappa shape index (κ1) is 8.22. The fourth-order valence-corrected chi connectivity index (χ4v) is 1.70. The van der Waals surface area contributed by atoms with Gasteiger partial charge in [-0.1, -0.05) is 0 Å². The van der Waals surface area contributed by atoms with Gasteiger partial charge >= 0.3 is 0 Å². The first-order valence-electron chi connectivity index (χ1n) is 2.91. The minimum absolute atomic E-state index is 0.137. The van der Waals surface area contributed by atoms with Crippen molar-refractivity contribution in [1.29, 1.82) is 0 Å². The van der Waals surface area contributed by atoms with Crippen molar-refractivity contribution in [3.8, 4) is 0 Å². The van der Waals surface area contributed by atoms with E-state index in [1.807, 2.05) is 0 Å². The number of fused-ring (bicyclic) bond motifs is 1. The fraction of sp³-hybridized carbons (Fsp3) is 0. The molecule has 0 aliphatic carbocycles. The van der Waals surface area contributed by atoms with E-state index in [0.717, 1.165) is 0 Å². The van der Waals surface area contributed by atoms with Crippen molar-refractivity contribution in [3.05, 3.63) is 15.2 Å². The summed E-state index contributed by atoms with van der Waals surface area (Å²) in [5, 5.41) is 0.403. The van der Waals surface area contributed by atoms with E-state index in [2.05, 4.69) is 35.9 Å². The molecular formula is C5HBrCl2N4. The van der Waals surface area contributed by atoms with Crippen LogP contribution in [0, 0.1) is 0 Å². The van der Waals surface area contributed by atoms with Crippen LogP contribution < -0.4 is 0 Å². The van der Waals surface area contributed by atoms with Crippen LogP contribution in [0.25, 0.3) is 11.2 Å². The summed E-state index contributed by atoms with van der Waals surface area (Å²) in [5.41, 5.74) is 1.09. The zero-order valence-corrected chi connectivity index (χ0v) is 8.57. The number of nitrogens with one attached hydrogen (secondary N) is 1. The molecule has 1 N–H and O–H groups in total. The molecule has 0 saturated heterocycles. The van der Waals surface area contributed by atoms with Gasteiger partial charge in [0.1, 0.15) is 10.1 Å². The van der Waals surface area contributed by atoms with Crippen molar-refractivity contribution in [2.24, 2.45) is 0 Å². The second-order valence-corrected chi connectivity index (χ2v) is 3.46. The summed E-state index contributed by atoms with van der Waals surface area (Å²) < 4.78 is 0.553. The molecule has 62 valence electrons. The molecule has 2 heterocycles. The van der Waals surface area contributed by atoms with Crippen LogP contribution in [0.4, 0.5) is 0 Å². The Morgan fingerprint density at radius 1 is 1.17 bits per heavy atom. The Hall–Kier alpha value is -0.390. The summed E-state index contributed by atoms with van der Waals surface area (Å²) in [4.78, 5) is 14.4. The number of H-pyrrole nitrogens is 1. The Labute approximate surface area is 85.5 Å². The maximum atomic E-state index is 5.61. The van der Waals surface area contributed by atoms with E-state index in [9.17, 15) is 0 Å². The molecular weight excluding hydrogens is 267 g/mol. The number of halogens is 3. The lowest BCUT2D eigenvalue weighted by atomic mass is 10.6. The lowest BCUT2D eigenvalue weighted by molar-refractivity contribution is 1.17. The molecule has 0 spiro atoms. The maximum absolute atomic E-state index is 5.61. The Balaban J connectivity index is 2.88. The van der Waals surface area contributed by atoms with Gasteiger partial charge in [0, 0.05) is 0 Å². The highest BCUT2D eigenvalue weighted by Crippen LogP contribution is 2.21. The van der Waals surface area contributed by atoms with Crippen LogP contribution in [0.2, 0.25) is 10.6 Å². The molecule has 2 aromatic rings. The first-order valence-corrected chi connectivity index (χ1v) is 4.46. The Morgan fingerprint density at radius 2 is 1.92 bits per heavy atom. The smallest absolute Gasteiger partial charge is 0.225 e. The molecule has 0 radical (unpaired) electrons. The van der Waals surface area contributed by atoms with Gasteiger partial charge in [-0.2, -0.15) is 9.97 Å². The fourth-order valence-electron chi connectivity index (χ4n) is 0.810. The molecule has 0 bridgehead atoms. The van der Waals surface area contributed by atoms with Gasteiger partial charge in [-0.3, -0.25) is 0 Å². The molecule has 0 atom stereocenters. The third-order valence-electron chi connectivity index (χ3n) is 1.25. The average molecular weight is 268 g/mol. The van der Waals surface area contributed by atoms with Crippen molar-refractivity contribution in [2.75, 3.05) is 0 Å². The van der Waals surface area contributed by atoms with E-state index < -0.39 is 0 Å². The molecule has 12 heavy (non-hydrogen) atoms. The Kier molecular flexibility index (Phi) is 1.94. The summed E-state index contributed by atoms with van der Waals surface area (Å²) in [6, 6.07) is 0. The van der Waals surface area contributed by atoms with Crippen LogP contribution in [-0.4, -0.2) is 19.9 Å². The van der Waals surface area contributed by atoms with Crippen molar-refractivity contribution < 1.29 is 0 Å². The molecule has 0 unspecified atom stereocenters. The highest BCUT2D eigenvalue weighted by molar-refractivity contribution is 9.10. The van der Waals surface area contributed by atoms with Crippen molar-refractivity contribution >= 4 is 50.3 Å². The molecule has 2 aromatic heterocycles. The van der Waals surface area contributed by atoms with Crippen LogP contribution in [0.1, 0.15) is 0 Å². The van der Waals surface area contributed by atoms with E-state index in [1.54, 1.807) is 0 Å². The third-order valence-corrected chi connectivity index (χ3v) is 2.17. The molecule has 0 aliphatic heterocycles. The number of nitrogens with zero attached hydrogens (tertiary/aromatic N) is 3. The molecule has 2 rings (SSSR count). The molecule has 0 fully saturated rings. The lowest BCUT2D eigenvalue weighted by Crippen LogP contribution is -1.84. The number of aromatic amines is 1. The minimum Gasteiger partial charge on any atom is -0.325 e. The molecule has 4 nitrogen and oxygen atoms in total. The molecule has 7 heteroatoms. The van der Waals surface area contributed by atoms with Gasteiger partial charge in [0.25, 0.3) is 0 Å². The van der Waals surface area contributed by atoms with Crippen molar-refractivity contribution in [3.63, 3.8) is 0 Å². The number of hydrogen-bond donors (Lipinski definition) is 1. The summed E-state index contributed by atoms with van der Waals surface area (Å²) in [6.45, 7) is 0. The Morgan fingerprint density at radius 3 is 2.67 bits per heavy atom. The second-order valence-electron chi connectivity index (χ2n) is 2.01. The van der Waals surface area contributed by atoms with E-state index in [-0.39, 0.29) is 10.6 Å². The monoisotopic (exact) mass is 266 g/mol. The van der Waals surface area contributed by atoms with Crippen molar-refractivity contribution in [1.82, 2.24) is 19.9 Å². The quantitative estimate of drug-likeness (QED) is 0.453. The minimum atomic E-state index is 0.137. The number of aromatic nitrogens is 4. The lowest BCUT2D eigenvalue weighted by Gasteiger charge is -1.91. The van der Waals surface area contributed by atoms with E-state index >= 15 is 0 Å². The van der Waals surface area contributed by atoms with Gasteiger partial charge in [0.2, 0.25) is 10.6 Å². The first-order chi connectivity index (χ1) is 5.66. The summed E-state index contributed by atoms with van der Waals surface area (Å²) in [7, 11) is 0. The van der Waals surface area contributed by atoms with E-state index in [4.69, 9.17) is 23.2 Å². The van der Waals surface area contributed by atoms with Crippen LogP contribution in [0.5, 0.6) is 0 Å². The van der Waals surface area contributed by atoms with E-state index in [0.29, 0.717) is 15.8 Å². The predicted molar refractivity (Wildman–Crippen MR) is 49.4 cm³/mol. The normalized spacial score (nSPS) is 10.9. The highest BCUT2D eigenvalue weighted by atomic mass is 79.9. The van der Waals surface area contributed by atoms with Crippen LogP contribution in [0.15, 0.2) is 4.60 Å². The van der Waals surface area contributed by atoms with E-state index in [1.165, 1.54) is 0 Å². The van der Waals surface area contributed by atoms with Gasteiger partial charge in [-0.15, -0.1) is 0 Å². The number of hydrogen-bond acceptors (Lipinski definition) is 3. The van der Waals surface area contributed by atoms with Gasteiger partial charge in [0.05, 0.1) is 0 Å². The van der Waals surface area contributed by atoms with Crippen LogP contribution in [-0.2, 0) is 0 Å². The SMILES string of the molecule is Clc1nc(Br)c2[nH]c(Cl)nc2n1. The summed E-state index contributed by atoms with van der Waals surface area (Å²) in [6.07, 6.45) is 0. The average Bonchev–Trinajstić information content (AvgIpc) is 2.29. The van der Waals surface area contributed by atoms with Crippen molar-refractivity contribution in [2.45, 2.75) is 0 Å². The largest absolute Gasteiger partial charge is 0.325 e. The number of rotatable bonds is 0. The Bertz CT molecular complexity index is 440. The van der Waals surface area contributed by atoms with Crippen LogP contribution >= 0.6 is 39.1 Å². The van der Waals surface area contributed by atoms with Gasteiger partial charge in [-0.05, 0) is 39.1 Å². The zero-order chi connectivity index (χ0) is 8.72. The second kappa shape index (κ2) is 2.83. The van der Waals surface area contributed by atoms with Gasteiger partial charge < -0.3 is 4.98 Å². The van der Waals surface area contributed by atoms with Crippen LogP contribution in [0.3, 0.4) is 0 Å². The van der Waals surface area contributed by atoms with Gasteiger partial charge in [-0.25, -0.2) is 4.98 Å². The molecule has 0 aromatic carbocycles. The predicted octanol–water partition coefficient (Wildman–Crippen LogP) is 2.42. The highest BCUT2D eigenvalue weighted by Gasteiger charge is 2.08. The molecule has 0 saturated carbocycles. The number of imidazole rings is 1. The van der Waals surface area contributed by atoms with Gasteiger partial charge in [0.15, 0.2) is 5.65 Å². The molecule has 0 aliphatic rings. The standard InChI is InChI=1S/C5HBrCl2N4/c6-2-1-3(11-4(7)9-1)12-5(8)10-2/h(H,9,10,11,12). The third kappa shape index (κ3) is 1.28. The summed E-state index contributed by atoms with van der Waals surface area (Å²) in [5.74, 6) is 0. The maximum Gasteiger partial charge on any atom is 0.225 e. The topological polar surface area (TPSA) is 54.5 Å². The zero-order valence-electron chi connectivity index (χ0n) is 5.48. The summed E-state index contributed by atoms with van der Waals surface area (Å²) >= 11 is 14.4.